The van der Waals surface area contributed by atoms with E-state index in [9.17, 15) is 28.8 Å². The zero-order valence-electron chi connectivity index (χ0n) is 24.0. The standard InChI is InChI=1S/C29H40N6O7/c1-3-9-20(25(37)28(40)32-18-23(36)42-16-4-2)33-27(39)22-12-8-15-35(22)29(41)24(19-10-6-5-7-11-19)34-26(38)21-17-30-13-14-31-21/h4,13-14,17,19-20,22,24H,2-3,5-12,15-16,18H2,1H3,(H,32,40)(H,33,39)(H,34,38). The highest BCUT2D eigenvalue weighted by molar-refractivity contribution is 6.38. The number of hydrogen-bond acceptors (Lipinski definition) is 9. The Kier molecular flexibility index (Phi) is 12.6. The first-order chi connectivity index (χ1) is 20.3. The largest absolute Gasteiger partial charge is 0.460 e. The molecule has 0 radical (unpaired) electrons. The Bertz CT molecular complexity index is 1140. The van der Waals surface area contributed by atoms with Gasteiger partial charge in [0.2, 0.25) is 17.6 Å². The van der Waals surface area contributed by atoms with E-state index in [1.807, 2.05) is 0 Å². The Labute approximate surface area is 245 Å². The topological polar surface area (TPSA) is 177 Å². The van der Waals surface area contributed by atoms with Crippen LogP contribution in [-0.2, 0) is 28.7 Å². The van der Waals surface area contributed by atoms with E-state index in [1.54, 1.807) is 6.92 Å². The molecule has 3 atom stereocenters. The Morgan fingerprint density at radius 1 is 1.07 bits per heavy atom. The summed E-state index contributed by atoms with van der Waals surface area (Å²) >= 11 is 0. The Balaban J connectivity index is 1.69. The second-order valence-electron chi connectivity index (χ2n) is 10.5. The van der Waals surface area contributed by atoms with Crippen molar-refractivity contribution in [2.75, 3.05) is 19.7 Å². The average Bonchev–Trinajstić information content (AvgIpc) is 3.51. The number of aromatic nitrogens is 2. The number of carbonyl (C=O) groups is 6. The summed E-state index contributed by atoms with van der Waals surface area (Å²) in [7, 11) is 0. The van der Waals surface area contributed by atoms with Crippen LogP contribution in [0.25, 0.3) is 0 Å². The van der Waals surface area contributed by atoms with Gasteiger partial charge in [-0.05, 0) is 38.0 Å². The number of nitrogens with one attached hydrogen (secondary N) is 3. The molecule has 1 saturated carbocycles. The molecule has 13 nitrogen and oxygen atoms in total. The Morgan fingerprint density at radius 3 is 2.50 bits per heavy atom. The molecule has 3 N–H and O–H groups in total. The van der Waals surface area contributed by atoms with Crippen LogP contribution >= 0.6 is 0 Å². The van der Waals surface area contributed by atoms with Crippen LogP contribution in [0.3, 0.4) is 0 Å². The summed E-state index contributed by atoms with van der Waals surface area (Å²) in [5.74, 6) is -4.15. The quantitative estimate of drug-likeness (QED) is 0.162. The lowest BCUT2D eigenvalue weighted by Gasteiger charge is -2.34. The summed E-state index contributed by atoms with van der Waals surface area (Å²) in [5, 5.41) is 7.73. The van der Waals surface area contributed by atoms with E-state index in [4.69, 9.17) is 4.74 Å². The molecule has 13 heteroatoms. The molecular weight excluding hydrogens is 544 g/mol. The van der Waals surface area contributed by atoms with Crippen molar-refractivity contribution in [2.45, 2.75) is 82.8 Å². The maximum atomic E-state index is 13.9. The van der Waals surface area contributed by atoms with Crippen LogP contribution in [0.2, 0.25) is 0 Å². The molecule has 2 heterocycles. The molecule has 228 valence electrons. The number of carbonyl (C=O) groups excluding carboxylic acids is 6. The molecule has 3 unspecified atom stereocenters. The third-order valence-corrected chi connectivity index (χ3v) is 7.50. The zero-order chi connectivity index (χ0) is 30.5. The van der Waals surface area contributed by atoms with E-state index in [1.165, 1.54) is 29.6 Å². The third-order valence-electron chi connectivity index (χ3n) is 7.50. The zero-order valence-corrected chi connectivity index (χ0v) is 24.0. The SMILES string of the molecule is C=CCOC(=O)CNC(=O)C(=O)C(CCC)NC(=O)C1CCCN1C(=O)C(NC(=O)c1cnccn1)C1CCCCC1. The fourth-order valence-electron chi connectivity index (χ4n) is 5.39. The molecule has 3 rings (SSSR count). The van der Waals surface area contributed by atoms with Crippen molar-refractivity contribution in [1.82, 2.24) is 30.8 Å². The van der Waals surface area contributed by atoms with Crippen LogP contribution in [0.15, 0.2) is 31.2 Å². The molecule has 42 heavy (non-hydrogen) atoms. The summed E-state index contributed by atoms with van der Waals surface area (Å²) in [6.45, 7) is 5.02. The van der Waals surface area contributed by atoms with Crippen LogP contribution in [-0.4, -0.2) is 88.1 Å². The van der Waals surface area contributed by atoms with E-state index in [2.05, 4.69) is 32.5 Å². The number of likely N-dealkylation sites (tertiary alicyclic amines) is 1. The molecule has 1 aromatic heterocycles. The molecule has 0 bridgehead atoms. The van der Waals surface area contributed by atoms with Crippen molar-refractivity contribution in [3.05, 3.63) is 36.9 Å². The van der Waals surface area contributed by atoms with Gasteiger partial charge in [0.05, 0.1) is 12.2 Å². The van der Waals surface area contributed by atoms with Gasteiger partial charge in [0, 0.05) is 18.9 Å². The van der Waals surface area contributed by atoms with Gasteiger partial charge in [-0.2, -0.15) is 0 Å². The summed E-state index contributed by atoms with van der Waals surface area (Å²) in [6, 6.07) is -2.83. The van der Waals surface area contributed by atoms with Gasteiger partial charge in [0.15, 0.2) is 0 Å². The highest BCUT2D eigenvalue weighted by Gasteiger charge is 2.42. The van der Waals surface area contributed by atoms with Gasteiger partial charge in [0.1, 0.15) is 30.9 Å². The third kappa shape index (κ3) is 8.92. The fraction of sp³-hybridized carbons (Fsp3) is 0.586. The molecule has 1 saturated heterocycles. The smallest absolute Gasteiger partial charge is 0.325 e. The maximum Gasteiger partial charge on any atom is 0.325 e. The van der Waals surface area contributed by atoms with Crippen LogP contribution in [0.5, 0.6) is 0 Å². The lowest BCUT2D eigenvalue weighted by atomic mass is 9.83. The average molecular weight is 585 g/mol. The minimum Gasteiger partial charge on any atom is -0.460 e. The number of ketones is 1. The second kappa shape index (κ2) is 16.3. The molecule has 1 aromatic rings. The Hall–Kier alpha value is -4.16. The molecule has 2 aliphatic rings. The van der Waals surface area contributed by atoms with Gasteiger partial charge < -0.3 is 25.6 Å². The van der Waals surface area contributed by atoms with Crippen molar-refractivity contribution in [1.29, 1.82) is 0 Å². The van der Waals surface area contributed by atoms with Gasteiger partial charge >= 0.3 is 5.97 Å². The number of rotatable bonds is 14. The minimum atomic E-state index is -1.13. The molecule has 0 aromatic carbocycles. The molecular formula is C29H40N6O7. The van der Waals surface area contributed by atoms with E-state index in [0.717, 1.165) is 32.1 Å². The molecule has 1 aliphatic heterocycles. The normalized spacial score (nSPS) is 18.3. The lowest BCUT2D eigenvalue weighted by Crippen LogP contribution is -2.58. The predicted octanol–water partition coefficient (Wildman–Crippen LogP) is 0.846. The van der Waals surface area contributed by atoms with Gasteiger partial charge in [-0.3, -0.25) is 33.8 Å². The van der Waals surface area contributed by atoms with Crippen molar-refractivity contribution in [2.24, 2.45) is 5.92 Å². The van der Waals surface area contributed by atoms with Gasteiger partial charge in [-0.15, -0.1) is 0 Å². The highest BCUT2D eigenvalue weighted by atomic mass is 16.5. The van der Waals surface area contributed by atoms with Crippen molar-refractivity contribution < 1.29 is 33.5 Å². The van der Waals surface area contributed by atoms with E-state index in [0.29, 0.717) is 25.8 Å². The van der Waals surface area contributed by atoms with Gasteiger partial charge in [-0.1, -0.05) is 45.3 Å². The van der Waals surface area contributed by atoms with E-state index in [-0.39, 0.29) is 30.5 Å². The summed E-state index contributed by atoms with van der Waals surface area (Å²) in [5.41, 5.74) is 0.0926. The van der Waals surface area contributed by atoms with Gasteiger partial charge in [0.25, 0.3) is 11.8 Å². The highest BCUT2D eigenvalue weighted by Crippen LogP contribution is 2.29. The van der Waals surface area contributed by atoms with Gasteiger partial charge in [-0.25, -0.2) is 4.98 Å². The van der Waals surface area contributed by atoms with E-state index < -0.39 is 54.1 Å². The van der Waals surface area contributed by atoms with Crippen LogP contribution in [0.1, 0.15) is 75.2 Å². The van der Waals surface area contributed by atoms with Crippen molar-refractivity contribution >= 4 is 35.4 Å². The summed E-state index contributed by atoms with van der Waals surface area (Å²) in [4.78, 5) is 86.7. The number of Topliss-reactive ketones (excluding diaryl/α,β-unsaturated/α-hetero) is 1. The first-order valence-electron chi connectivity index (χ1n) is 14.5. The molecule has 2 fully saturated rings. The summed E-state index contributed by atoms with van der Waals surface area (Å²) in [6.07, 6.45) is 11.7. The van der Waals surface area contributed by atoms with E-state index >= 15 is 0 Å². The minimum absolute atomic E-state index is 0.0284. The number of hydrogen-bond donors (Lipinski definition) is 3. The number of esters is 1. The number of nitrogens with zero attached hydrogens (tertiary/aromatic N) is 3. The number of ether oxygens (including phenoxy) is 1. The molecule has 0 spiro atoms. The lowest BCUT2D eigenvalue weighted by molar-refractivity contribution is -0.145. The first kappa shape index (κ1) is 32.4. The monoisotopic (exact) mass is 584 g/mol. The number of amides is 4. The van der Waals surface area contributed by atoms with Crippen molar-refractivity contribution in [3.8, 4) is 0 Å². The van der Waals surface area contributed by atoms with Crippen LogP contribution < -0.4 is 16.0 Å². The second-order valence-corrected chi connectivity index (χ2v) is 10.5. The molecule has 1 aliphatic carbocycles. The Morgan fingerprint density at radius 2 is 1.83 bits per heavy atom. The van der Waals surface area contributed by atoms with Crippen molar-refractivity contribution in [3.63, 3.8) is 0 Å². The maximum absolute atomic E-state index is 13.9. The predicted molar refractivity (Wildman–Crippen MR) is 151 cm³/mol. The molecule has 4 amide bonds. The summed E-state index contributed by atoms with van der Waals surface area (Å²) < 4.78 is 4.78. The van der Waals surface area contributed by atoms with Crippen LogP contribution in [0.4, 0.5) is 0 Å². The first-order valence-corrected chi connectivity index (χ1v) is 14.5. The fourth-order valence-corrected chi connectivity index (χ4v) is 5.39. The van der Waals surface area contributed by atoms with Crippen LogP contribution in [0, 0.1) is 5.92 Å².